The van der Waals surface area contributed by atoms with Crippen LogP contribution in [-0.4, -0.2) is 25.2 Å². The van der Waals surface area contributed by atoms with E-state index < -0.39 is 0 Å². The Morgan fingerprint density at radius 1 is 1.31 bits per heavy atom. The van der Waals surface area contributed by atoms with Crippen LogP contribution in [0, 0.1) is 0 Å². The monoisotopic (exact) mass is 220 g/mol. The van der Waals surface area contributed by atoms with Gasteiger partial charge in [0.05, 0.1) is 0 Å². The van der Waals surface area contributed by atoms with E-state index in [0.717, 1.165) is 24.3 Å². The first-order chi connectivity index (χ1) is 7.72. The second kappa shape index (κ2) is 4.74. The molecule has 0 saturated carbocycles. The molecule has 1 fully saturated rings. The van der Waals surface area contributed by atoms with E-state index in [1.54, 1.807) is 0 Å². The highest BCUT2D eigenvalue weighted by molar-refractivity contribution is 5.54. The molecule has 1 saturated heterocycles. The molecule has 1 aliphatic heterocycles. The number of hydrogen-bond donors (Lipinski definition) is 2. The van der Waals surface area contributed by atoms with Gasteiger partial charge in [-0.1, -0.05) is 6.07 Å². The average Bonchev–Trinajstić information content (AvgIpc) is 2.81. The predicted octanol–water partition coefficient (Wildman–Crippen LogP) is 2.27. The second-order valence-corrected chi connectivity index (χ2v) is 4.45. The highest BCUT2D eigenvalue weighted by atomic mass is 16.3. The Morgan fingerprint density at radius 3 is 2.56 bits per heavy atom. The lowest BCUT2D eigenvalue weighted by Crippen LogP contribution is -2.18. The fourth-order valence-electron chi connectivity index (χ4n) is 2.23. The molecule has 1 atom stereocenters. The Hall–Kier alpha value is -1.22. The summed E-state index contributed by atoms with van der Waals surface area (Å²) in [7, 11) is 1.90. The average molecular weight is 220 g/mol. The van der Waals surface area contributed by atoms with E-state index in [-0.39, 0.29) is 6.04 Å². The number of nitrogens with one attached hydrogen (secondary N) is 1. The van der Waals surface area contributed by atoms with E-state index in [0.29, 0.717) is 5.75 Å². The van der Waals surface area contributed by atoms with E-state index in [1.165, 1.54) is 12.8 Å². The Bertz CT molecular complexity index is 359. The highest BCUT2D eigenvalue weighted by Crippen LogP contribution is 2.30. The Kier molecular flexibility index (Phi) is 3.34. The van der Waals surface area contributed by atoms with E-state index in [1.807, 2.05) is 26.1 Å². The summed E-state index contributed by atoms with van der Waals surface area (Å²) in [6.07, 6.45) is 2.52. The van der Waals surface area contributed by atoms with Crippen molar-refractivity contribution >= 4 is 5.69 Å². The molecule has 3 nitrogen and oxygen atoms in total. The molecule has 0 aliphatic carbocycles. The maximum atomic E-state index is 9.99. The molecule has 1 aromatic rings. The predicted molar refractivity (Wildman–Crippen MR) is 67.0 cm³/mol. The lowest BCUT2D eigenvalue weighted by Gasteiger charge is -2.20. The third kappa shape index (κ3) is 2.14. The summed E-state index contributed by atoms with van der Waals surface area (Å²) in [6, 6.07) is 6.19. The number of phenolic OH excluding ortho intramolecular Hbond substituents is 1. The van der Waals surface area contributed by atoms with Gasteiger partial charge in [-0.2, -0.15) is 0 Å². The molecule has 88 valence electrons. The molecule has 1 aromatic carbocycles. The van der Waals surface area contributed by atoms with Crippen molar-refractivity contribution in [2.75, 3.05) is 25.0 Å². The Labute approximate surface area is 97.1 Å². The lowest BCUT2D eigenvalue weighted by molar-refractivity contribution is 0.458. The van der Waals surface area contributed by atoms with Crippen LogP contribution in [0.25, 0.3) is 0 Å². The fraction of sp³-hybridized carbons (Fsp3) is 0.538. The molecule has 2 N–H and O–H groups in total. The van der Waals surface area contributed by atoms with Gasteiger partial charge in [0.15, 0.2) is 0 Å². The maximum Gasteiger partial charge on any atom is 0.122 e. The SMILES string of the molecule is CNC(C)c1ccc(N2CCCC2)cc1O. The van der Waals surface area contributed by atoms with Crippen LogP contribution in [0.1, 0.15) is 31.4 Å². The van der Waals surface area contributed by atoms with Gasteiger partial charge in [-0.25, -0.2) is 0 Å². The molecule has 3 heteroatoms. The Morgan fingerprint density at radius 2 is 2.00 bits per heavy atom. The number of aromatic hydroxyl groups is 1. The largest absolute Gasteiger partial charge is 0.508 e. The number of phenols is 1. The molecule has 1 heterocycles. The van der Waals surface area contributed by atoms with Gasteiger partial charge in [-0.15, -0.1) is 0 Å². The van der Waals surface area contributed by atoms with Gasteiger partial charge in [0.25, 0.3) is 0 Å². The van der Waals surface area contributed by atoms with E-state index in [9.17, 15) is 5.11 Å². The van der Waals surface area contributed by atoms with Crippen molar-refractivity contribution in [3.05, 3.63) is 23.8 Å². The van der Waals surface area contributed by atoms with Gasteiger partial charge < -0.3 is 15.3 Å². The summed E-state index contributed by atoms with van der Waals surface area (Å²) in [4.78, 5) is 2.33. The lowest BCUT2D eigenvalue weighted by atomic mass is 10.1. The Balaban J connectivity index is 2.21. The molecule has 0 spiro atoms. The van der Waals surface area contributed by atoms with Gasteiger partial charge >= 0.3 is 0 Å². The van der Waals surface area contributed by atoms with Crippen LogP contribution in [0.4, 0.5) is 5.69 Å². The summed E-state index contributed by atoms with van der Waals surface area (Å²) < 4.78 is 0. The molecule has 0 radical (unpaired) electrons. The van der Waals surface area contributed by atoms with Crippen molar-refractivity contribution in [3.8, 4) is 5.75 Å². The third-order valence-corrected chi connectivity index (χ3v) is 3.38. The molecule has 2 rings (SSSR count). The first-order valence-corrected chi connectivity index (χ1v) is 5.97. The van der Waals surface area contributed by atoms with Crippen molar-refractivity contribution in [1.82, 2.24) is 5.32 Å². The zero-order valence-corrected chi connectivity index (χ0v) is 10.0. The quantitative estimate of drug-likeness (QED) is 0.820. The van der Waals surface area contributed by atoms with Crippen molar-refractivity contribution < 1.29 is 5.11 Å². The van der Waals surface area contributed by atoms with Crippen molar-refractivity contribution in [2.24, 2.45) is 0 Å². The molecule has 16 heavy (non-hydrogen) atoms. The first-order valence-electron chi connectivity index (χ1n) is 5.97. The summed E-state index contributed by atoms with van der Waals surface area (Å²) in [5, 5.41) is 13.1. The molecule has 0 aromatic heterocycles. The van der Waals surface area contributed by atoms with Gasteiger partial charge in [0, 0.05) is 36.4 Å². The third-order valence-electron chi connectivity index (χ3n) is 3.38. The second-order valence-electron chi connectivity index (χ2n) is 4.45. The number of rotatable bonds is 3. The summed E-state index contributed by atoms with van der Waals surface area (Å²) in [5.41, 5.74) is 2.10. The van der Waals surface area contributed by atoms with Crippen LogP contribution in [0.3, 0.4) is 0 Å². The normalized spacial score (nSPS) is 17.8. The summed E-state index contributed by atoms with van der Waals surface area (Å²) >= 11 is 0. The van der Waals surface area contributed by atoms with Crippen LogP contribution in [0.5, 0.6) is 5.75 Å². The molecule has 0 amide bonds. The summed E-state index contributed by atoms with van der Waals surface area (Å²) in [5.74, 6) is 0.395. The summed E-state index contributed by atoms with van der Waals surface area (Å²) in [6.45, 7) is 4.27. The molecule has 0 bridgehead atoms. The highest BCUT2D eigenvalue weighted by Gasteiger charge is 2.15. The number of benzene rings is 1. The number of hydrogen-bond acceptors (Lipinski definition) is 3. The van der Waals surface area contributed by atoms with Gasteiger partial charge in [-0.05, 0) is 32.9 Å². The smallest absolute Gasteiger partial charge is 0.122 e. The molecule has 1 aliphatic rings. The van der Waals surface area contributed by atoms with Crippen molar-refractivity contribution in [3.63, 3.8) is 0 Å². The van der Waals surface area contributed by atoms with Crippen molar-refractivity contribution in [1.29, 1.82) is 0 Å². The zero-order chi connectivity index (χ0) is 11.5. The van der Waals surface area contributed by atoms with E-state index in [4.69, 9.17) is 0 Å². The zero-order valence-electron chi connectivity index (χ0n) is 10.0. The van der Waals surface area contributed by atoms with Crippen LogP contribution in [0.2, 0.25) is 0 Å². The topological polar surface area (TPSA) is 35.5 Å². The van der Waals surface area contributed by atoms with E-state index in [2.05, 4.69) is 16.3 Å². The van der Waals surface area contributed by atoms with Crippen LogP contribution >= 0.6 is 0 Å². The fourth-order valence-corrected chi connectivity index (χ4v) is 2.23. The minimum Gasteiger partial charge on any atom is -0.508 e. The minimum atomic E-state index is 0.188. The number of nitrogens with zero attached hydrogens (tertiary/aromatic N) is 1. The molecule has 1 unspecified atom stereocenters. The van der Waals surface area contributed by atoms with Crippen LogP contribution < -0.4 is 10.2 Å². The van der Waals surface area contributed by atoms with Gasteiger partial charge in [0.2, 0.25) is 0 Å². The van der Waals surface area contributed by atoms with Gasteiger partial charge in [0.1, 0.15) is 5.75 Å². The van der Waals surface area contributed by atoms with Crippen LogP contribution in [0.15, 0.2) is 18.2 Å². The van der Waals surface area contributed by atoms with E-state index >= 15 is 0 Å². The first kappa shape index (κ1) is 11.3. The van der Waals surface area contributed by atoms with Crippen LogP contribution in [-0.2, 0) is 0 Å². The molecular weight excluding hydrogens is 200 g/mol. The molecular formula is C13H20N2O. The maximum absolute atomic E-state index is 9.99. The van der Waals surface area contributed by atoms with Gasteiger partial charge in [-0.3, -0.25) is 0 Å². The standard InChI is InChI=1S/C13H20N2O/c1-10(14-2)12-6-5-11(9-13(12)16)15-7-3-4-8-15/h5-6,9-10,14,16H,3-4,7-8H2,1-2H3. The number of anilines is 1. The minimum absolute atomic E-state index is 0.188. The van der Waals surface area contributed by atoms with Crippen molar-refractivity contribution in [2.45, 2.75) is 25.8 Å².